The smallest absolute Gasteiger partial charge is 0.223 e. The summed E-state index contributed by atoms with van der Waals surface area (Å²) in [5, 5.41) is 3.29. The van der Waals surface area contributed by atoms with E-state index in [1.165, 1.54) is 0 Å². The number of carbonyl (C=O) groups excluding carboxylic acids is 1. The Labute approximate surface area is 112 Å². The average Bonchev–Trinajstić information content (AvgIpc) is 2.37. The molecule has 106 valence electrons. The molecule has 0 aliphatic carbocycles. The third-order valence-electron chi connectivity index (χ3n) is 3.84. The van der Waals surface area contributed by atoms with E-state index in [-0.39, 0.29) is 5.91 Å². The van der Waals surface area contributed by atoms with E-state index >= 15 is 0 Å². The van der Waals surface area contributed by atoms with Crippen molar-refractivity contribution in [1.29, 1.82) is 0 Å². The Morgan fingerprint density at radius 3 is 2.50 bits per heavy atom. The van der Waals surface area contributed by atoms with Crippen molar-refractivity contribution in [1.82, 2.24) is 15.1 Å². The summed E-state index contributed by atoms with van der Waals surface area (Å²) in [5.41, 5.74) is 0. The molecule has 1 saturated heterocycles. The van der Waals surface area contributed by atoms with Gasteiger partial charge in [0.05, 0.1) is 0 Å². The molecule has 0 radical (unpaired) electrons. The second-order valence-corrected chi connectivity index (χ2v) is 5.53. The minimum absolute atomic E-state index is 0.276. The van der Waals surface area contributed by atoms with Gasteiger partial charge in [0, 0.05) is 45.2 Å². The van der Waals surface area contributed by atoms with Crippen LogP contribution in [0, 0.1) is 0 Å². The lowest BCUT2D eigenvalue weighted by Gasteiger charge is -2.36. The summed E-state index contributed by atoms with van der Waals surface area (Å²) in [6, 6.07) is 0.898. The normalized spacial score (nSPS) is 18.3. The second kappa shape index (κ2) is 7.74. The molecule has 4 heteroatoms. The summed E-state index contributed by atoms with van der Waals surface area (Å²) >= 11 is 0. The highest BCUT2D eigenvalue weighted by Gasteiger charge is 2.24. The van der Waals surface area contributed by atoms with Crippen LogP contribution in [0.5, 0.6) is 0 Å². The van der Waals surface area contributed by atoms with Crippen LogP contribution >= 0.6 is 0 Å². The van der Waals surface area contributed by atoms with E-state index in [4.69, 9.17) is 0 Å². The number of hydrogen-bond donors (Lipinski definition) is 1. The van der Waals surface area contributed by atoms with Crippen LogP contribution in [0.15, 0.2) is 0 Å². The Hall–Kier alpha value is -0.610. The minimum Gasteiger partial charge on any atom is -0.343 e. The third-order valence-corrected chi connectivity index (χ3v) is 3.84. The van der Waals surface area contributed by atoms with Crippen molar-refractivity contribution in [3.8, 4) is 0 Å². The highest BCUT2D eigenvalue weighted by Crippen LogP contribution is 2.15. The van der Waals surface area contributed by atoms with Gasteiger partial charge in [0.2, 0.25) is 5.91 Å². The van der Waals surface area contributed by atoms with Crippen molar-refractivity contribution in [2.24, 2.45) is 0 Å². The second-order valence-electron chi connectivity index (χ2n) is 5.53. The van der Waals surface area contributed by atoms with E-state index < -0.39 is 0 Å². The Morgan fingerprint density at radius 1 is 1.39 bits per heavy atom. The number of amides is 1. The Bertz CT molecular complexity index is 247. The number of likely N-dealkylation sites (tertiary alicyclic amines) is 1. The zero-order valence-electron chi connectivity index (χ0n) is 12.4. The lowest BCUT2D eigenvalue weighted by molar-refractivity contribution is -0.132. The fourth-order valence-electron chi connectivity index (χ4n) is 2.47. The maximum atomic E-state index is 12.0. The van der Waals surface area contributed by atoms with E-state index in [1.807, 2.05) is 11.9 Å². The molecule has 1 rings (SSSR count). The molecular weight excluding hydrogens is 226 g/mol. The minimum atomic E-state index is 0.276. The molecule has 1 aliphatic heterocycles. The highest BCUT2D eigenvalue weighted by atomic mass is 16.2. The van der Waals surface area contributed by atoms with Gasteiger partial charge in [-0.25, -0.2) is 0 Å². The first kappa shape index (κ1) is 15.4. The predicted octanol–water partition coefficient (Wildman–Crippen LogP) is 1.32. The molecule has 1 N–H and O–H groups in total. The van der Waals surface area contributed by atoms with Crippen molar-refractivity contribution in [2.45, 2.75) is 52.1 Å². The Morgan fingerprint density at radius 2 is 2.00 bits per heavy atom. The van der Waals surface area contributed by atoms with Crippen LogP contribution < -0.4 is 5.32 Å². The molecule has 0 saturated carbocycles. The molecular formula is C14H29N3O. The first-order valence-corrected chi connectivity index (χ1v) is 7.26. The fourth-order valence-corrected chi connectivity index (χ4v) is 2.47. The maximum absolute atomic E-state index is 12.0. The number of piperidine rings is 1. The van der Waals surface area contributed by atoms with Crippen LogP contribution in [0.1, 0.15) is 40.0 Å². The lowest BCUT2D eigenvalue weighted by Crippen LogP contribution is -2.46. The zero-order chi connectivity index (χ0) is 13.5. The first-order chi connectivity index (χ1) is 8.54. The van der Waals surface area contributed by atoms with Gasteiger partial charge in [0.15, 0.2) is 0 Å². The lowest BCUT2D eigenvalue weighted by atomic mass is 10.0. The van der Waals surface area contributed by atoms with Crippen molar-refractivity contribution >= 4 is 5.91 Å². The molecule has 0 aromatic rings. The molecule has 0 aromatic heterocycles. The van der Waals surface area contributed by atoms with Crippen molar-refractivity contribution in [3.63, 3.8) is 0 Å². The van der Waals surface area contributed by atoms with Crippen LogP contribution in [0.3, 0.4) is 0 Å². The summed E-state index contributed by atoms with van der Waals surface area (Å²) in [6.45, 7) is 10.6. The van der Waals surface area contributed by atoms with Gasteiger partial charge in [-0.1, -0.05) is 20.8 Å². The topological polar surface area (TPSA) is 35.6 Å². The number of nitrogens with zero attached hydrogens (tertiary/aromatic N) is 2. The van der Waals surface area contributed by atoms with Gasteiger partial charge in [-0.3, -0.25) is 4.79 Å². The van der Waals surface area contributed by atoms with E-state index in [0.29, 0.717) is 18.5 Å². The van der Waals surface area contributed by atoms with E-state index in [0.717, 1.165) is 39.0 Å². The molecule has 1 fully saturated rings. The van der Waals surface area contributed by atoms with Gasteiger partial charge in [0.25, 0.3) is 0 Å². The zero-order valence-corrected chi connectivity index (χ0v) is 12.4. The summed E-state index contributed by atoms with van der Waals surface area (Å²) in [6.07, 6.45) is 2.85. The number of carbonyl (C=O) groups is 1. The molecule has 0 aromatic carbocycles. The first-order valence-electron chi connectivity index (χ1n) is 7.26. The van der Waals surface area contributed by atoms with Gasteiger partial charge in [-0.05, 0) is 19.4 Å². The van der Waals surface area contributed by atoms with Crippen LogP contribution in [0.4, 0.5) is 0 Å². The van der Waals surface area contributed by atoms with E-state index in [2.05, 4.69) is 31.0 Å². The average molecular weight is 255 g/mol. The number of nitrogens with one attached hydrogen (secondary N) is 1. The SMILES string of the molecule is CCN1CCC(N(C)C(=O)CCNC(C)C)CC1. The van der Waals surface area contributed by atoms with E-state index in [9.17, 15) is 4.79 Å². The summed E-state index contributed by atoms with van der Waals surface area (Å²) in [4.78, 5) is 16.5. The molecule has 0 atom stereocenters. The Balaban J connectivity index is 2.26. The Kier molecular flexibility index (Phi) is 6.65. The molecule has 1 amide bonds. The standard InChI is InChI=1S/C14H29N3O/c1-5-17-10-7-13(8-11-17)16(4)14(18)6-9-15-12(2)3/h12-13,15H,5-11H2,1-4H3. The van der Waals surface area contributed by atoms with Crippen molar-refractivity contribution in [3.05, 3.63) is 0 Å². The molecule has 0 unspecified atom stereocenters. The molecule has 4 nitrogen and oxygen atoms in total. The van der Waals surface area contributed by atoms with Gasteiger partial charge < -0.3 is 15.1 Å². The molecule has 1 heterocycles. The summed E-state index contributed by atoms with van der Waals surface area (Å²) < 4.78 is 0. The maximum Gasteiger partial charge on any atom is 0.223 e. The number of hydrogen-bond acceptors (Lipinski definition) is 3. The molecule has 1 aliphatic rings. The van der Waals surface area contributed by atoms with Gasteiger partial charge >= 0.3 is 0 Å². The van der Waals surface area contributed by atoms with Crippen LogP contribution in [0.2, 0.25) is 0 Å². The van der Waals surface area contributed by atoms with Gasteiger partial charge in [-0.15, -0.1) is 0 Å². The fraction of sp³-hybridized carbons (Fsp3) is 0.929. The van der Waals surface area contributed by atoms with Crippen molar-refractivity contribution in [2.75, 3.05) is 33.2 Å². The molecule has 18 heavy (non-hydrogen) atoms. The highest BCUT2D eigenvalue weighted by molar-refractivity contribution is 5.76. The third kappa shape index (κ3) is 4.94. The van der Waals surface area contributed by atoms with Crippen LogP contribution in [0.25, 0.3) is 0 Å². The van der Waals surface area contributed by atoms with Crippen LogP contribution in [-0.2, 0) is 4.79 Å². The quantitative estimate of drug-likeness (QED) is 0.777. The van der Waals surface area contributed by atoms with Gasteiger partial charge in [0.1, 0.15) is 0 Å². The van der Waals surface area contributed by atoms with Crippen LogP contribution in [-0.4, -0.2) is 61.0 Å². The van der Waals surface area contributed by atoms with Gasteiger partial charge in [-0.2, -0.15) is 0 Å². The van der Waals surface area contributed by atoms with Crippen molar-refractivity contribution < 1.29 is 4.79 Å². The number of rotatable bonds is 6. The summed E-state index contributed by atoms with van der Waals surface area (Å²) in [5.74, 6) is 0.276. The summed E-state index contributed by atoms with van der Waals surface area (Å²) in [7, 11) is 1.96. The largest absolute Gasteiger partial charge is 0.343 e. The van der Waals surface area contributed by atoms with E-state index in [1.54, 1.807) is 0 Å². The molecule has 0 bridgehead atoms. The predicted molar refractivity (Wildman–Crippen MR) is 75.7 cm³/mol. The molecule has 0 spiro atoms. The monoisotopic (exact) mass is 255 g/mol.